The van der Waals surface area contributed by atoms with Crippen LogP contribution in [-0.2, 0) is 0 Å². The number of fused-ring (bicyclic) bond motifs is 1. The molecule has 0 saturated carbocycles. The number of benzene rings is 1. The fraction of sp³-hybridized carbons (Fsp3) is 0.273. The Kier molecular flexibility index (Phi) is 3.55. The Hall–Kier alpha value is -1.66. The van der Waals surface area contributed by atoms with E-state index in [1.54, 1.807) is 11.3 Å². The highest BCUT2D eigenvalue weighted by molar-refractivity contribution is 7.16. The Balaban J connectivity index is 2.22. The largest absolute Gasteiger partial charge is 0.325 e. The van der Waals surface area contributed by atoms with Gasteiger partial charge >= 0.3 is 0 Å². The molecule has 0 bridgehead atoms. The molecule has 0 unspecified atom stereocenters. The second-order valence-electron chi connectivity index (χ2n) is 3.88. The predicted octanol–water partition coefficient (Wildman–Crippen LogP) is 1.94. The molecule has 6 heteroatoms. The van der Waals surface area contributed by atoms with E-state index in [9.17, 15) is 0 Å². The van der Waals surface area contributed by atoms with Crippen molar-refractivity contribution >= 4 is 33.2 Å². The van der Waals surface area contributed by atoms with Crippen LogP contribution in [0.25, 0.3) is 10.2 Å². The van der Waals surface area contributed by atoms with Crippen LogP contribution in [0.1, 0.15) is 13.8 Å². The molecule has 0 amide bonds. The quantitative estimate of drug-likeness (QED) is 0.329. The number of nitrogens with zero attached hydrogens (tertiary/aromatic N) is 2. The second-order valence-corrected chi connectivity index (χ2v) is 4.76. The van der Waals surface area contributed by atoms with Crippen molar-refractivity contribution in [2.24, 2.45) is 10.8 Å². The minimum Gasteiger partial charge on any atom is -0.325 e. The lowest BCUT2D eigenvalue weighted by Gasteiger charge is -2.10. The summed E-state index contributed by atoms with van der Waals surface area (Å²) in [6.45, 7) is 3.98. The number of thiazole rings is 1. The van der Waals surface area contributed by atoms with Crippen LogP contribution < -0.4 is 16.6 Å². The summed E-state index contributed by atoms with van der Waals surface area (Å²) in [6.07, 6.45) is 0. The van der Waals surface area contributed by atoms with Crippen LogP contribution in [0.15, 0.2) is 28.7 Å². The van der Waals surface area contributed by atoms with Gasteiger partial charge in [-0.25, -0.2) is 15.8 Å². The Bertz CT molecular complexity index is 531. The zero-order valence-corrected chi connectivity index (χ0v) is 10.6. The zero-order chi connectivity index (χ0) is 12.3. The number of aliphatic imine (C=N–C) groups is 1. The minimum absolute atomic E-state index is 0.181. The molecule has 0 aliphatic heterocycles. The SMILES string of the molecule is CC(C)N=C(NN)Nc1ccc2ncsc2c1. The first-order valence-corrected chi connectivity index (χ1v) is 6.21. The molecule has 90 valence electrons. The monoisotopic (exact) mass is 249 g/mol. The third-order valence-electron chi connectivity index (χ3n) is 2.12. The Labute approximate surface area is 104 Å². The van der Waals surface area contributed by atoms with Crippen molar-refractivity contribution in [2.75, 3.05) is 5.32 Å². The normalized spacial score (nSPS) is 12.1. The number of hydrogen-bond donors (Lipinski definition) is 3. The minimum atomic E-state index is 0.181. The first kappa shape index (κ1) is 11.8. The number of rotatable bonds is 2. The molecular weight excluding hydrogens is 234 g/mol. The summed E-state index contributed by atoms with van der Waals surface area (Å²) < 4.78 is 1.14. The van der Waals surface area contributed by atoms with E-state index in [0.29, 0.717) is 5.96 Å². The summed E-state index contributed by atoms with van der Waals surface area (Å²) in [5.74, 6) is 5.97. The summed E-state index contributed by atoms with van der Waals surface area (Å²) >= 11 is 1.61. The van der Waals surface area contributed by atoms with Gasteiger partial charge in [0.2, 0.25) is 5.96 Å². The van der Waals surface area contributed by atoms with Crippen LogP contribution in [0.5, 0.6) is 0 Å². The van der Waals surface area contributed by atoms with Crippen LogP contribution in [-0.4, -0.2) is 17.0 Å². The van der Waals surface area contributed by atoms with Crippen LogP contribution in [0.2, 0.25) is 0 Å². The smallest absolute Gasteiger partial charge is 0.210 e. The molecule has 0 spiro atoms. The van der Waals surface area contributed by atoms with Crippen LogP contribution >= 0.6 is 11.3 Å². The van der Waals surface area contributed by atoms with Gasteiger partial charge in [0.15, 0.2) is 0 Å². The lowest BCUT2D eigenvalue weighted by Crippen LogP contribution is -2.36. The highest BCUT2D eigenvalue weighted by Gasteiger charge is 2.02. The van der Waals surface area contributed by atoms with Gasteiger partial charge in [0.1, 0.15) is 0 Å². The number of anilines is 1. The number of hydrazine groups is 1. The maximum absolute atomic E-state index is 5.41. The van der Waals surface area contributed by atoms with Crippen molar-refractivity contribution in [3.8, 4) is 0 Å². The van der Waals surface area contributed by atoms with Gasteiger partial charge in [0.25, 0.3) is 0 Å². The van der Waals surface area contributed by atoms with E-state index in [1.807, 2.05) is 37.6 Å². The molecule has 2 aromatic rings. The van der Waals surface area contributed by atoms with Gasteiger partial charge in [0.05, 0.1) is 15.7 Å². The Morgan fingerprint density at radius 1 is 1.47 bits per heavy atom. The van der Waals surface area contributed by atoms with Crippen LogP contribution in [0.4, 0.5) is 5.69 Å². The van der Waals surface area contributed by atoms with E-state index in [-0.39, 0.29) is 6.04 Å². The molecule has 0 fully saturated rings. The Morgan fingerprint density at radius 3 is 3.00 bits per heavy atom. The van der Waals surface area contributed by atoms with Crippen molar-refractivity contribution in [2.45, 2.75) is 19.9 Å². The van der Waals surface area contributed by atoms with Crippen LogP contribution in [0, 0.1) is 0 Å². The zero-order valence-electron chi connectivity index (χ0n) is 9.77. The molecule has 5 nitrogen and oxygen atoms in total. The average Bonchev–Trinajstić information content (AvgIpc) is 2.74. The number of hydrogen-bond acceptors (Lipinski definition) is 4. The number of guanidine groups is 1. The molecule has 0 atom stereocenters. The van der Waals surface area contributed by atoms with Crippen LogP contribution in [0.3, 0.4) is 0 Å². The maximum Gasteiger partial charge on any atom is 0.210 e. The summed E-state index contributed by atoms with van der Waals surface area (Å²) in [5.41, 5.74) is 6.33. The first-order valence-electron chi connectivity index (χ1n) is 5.33. The maximum atomic E-state index is 5.41. The van der Waals surface area contributed by atoms with Gasteiger partial charge in [-0.1, -0.05) is 0 Å². The van der Waals surface area contributed by atoms with Crippen molar-refractivity contribution in [1.29, 1.82) is 0 Å². The van der Waals surface area contributed by atoms with E-state index in [4.69, 9.17) is 5.84 Å². The third kappa shape index (κ3) is 2.92. The highest BCUT2D eigenvalue weighted by atomic mass is 32.1. The van der Waals surface area contributed by atoms with Gasteiger partial charge < -0.3 is 5.32 Å². The second kappa shape index (κ2) is 5.11. The molecule has 2 rings (SSSR count). The summed E-state index contributed by atoms with van der Waals surface area (Å²) in [6, 6.07) is 6.13. The molecule has 0 aliphatic carbocycles. The van der Waals surface area contributed by atoms with Gasteiger partial charge in [-0.15, -0.1) is 11.3 Å². The first-order chi connectivity index (χ1) is 8.19. The summed E-state index contributed by atoms with van der Waals surface area (Å²) in [7, 11) is 0. The topological polar surface area (TPSA) is 75.3 Å². The molecule has 1 aromatic carbocycles. The van der Waals surface area contributed by atoms with E-state index < -0.39 is 0 Å². The fourth-order valence-corrected chi connectivity index (χ4v) is 2.15. The number of aromatic nitrogens is 1. The van der Waals surface area contributed by atoms with E-state index >= 15 is 0 Å². The van der Waals surface area contributed by atoms with Gasteiger partial charge in [-0.05, 0) is 32.0 Å². The molecule has 1 heterocycles. The molecular formula is C11H15N5S. The van der Waals surface area contributed by atoms with Crippen molar-refractivity contribution < 1.29 is 0 Å². The molecule has 1 aromatic heterocycles. The predicted molar refractivity (Wildman–Crippen MR) is 73.1 cm³/mol. The van der Waals surface area contributed by atoms with Gasteiger partial charge in [0, 0.05) is 11.7 Å². The standard InChI is InChI=1S/C11H15N5S/c1-7(2)14-11(16-12)15-8-3-4-9-10(5-8)17-6-13-9/h3-7H,12H2,1-2H3,(H2,14,15,16). The van der Waals surface area contributed by atoms with Gasteiger partial charge in [-0.3, -0.25) is 5.43 Å². The van der Waals surface area contributed by atoms with Crippen molar-refractivity contribution in [1.82, 2.24) is 10.4 Å². The number of nitrogens with one attached hydrogen (secondary N) is 2. The molecule has 17 heavy (non-hydrogen) atoms. The summed E-state index contributed by atoms with van der Waals surface area (Å²) in [4.78, 5) is 8.54. The third-order valence-corrected chi connectivity index (χ3v) is 2.91. The molecule has 0 radical (unpaired) electrons. The number of nitrogens with two attached hydrogens (primary N) is 1. The van der Waals surface area contributed by atoms with Crippen molar-refractivity contribution in [3.63, 3.8) is 0 Å². The molecule has 0 saturated heterocycles. The molecule has 4 N–H and O–H groups in total. The Morgan fingerprint density at radius 2 is 2.29 bits per heavy atom. The lowest BCUT2D eigenvalue weighted by molar-refractivity contribution is 0.819. The fourth-order valence-electron chi connectivity index (χ4n) is 1.43. The van der Waals surface area contributed by atoms with E-state index in [2.05, 4.69) is 20.7 Å². The van der Waals surface area contributed by atoms with E-state index in [0.717, 1.165) is 15.9 Å². The highest BCUT2D eigenvalue weighted by Crippen LogP contribution is 2.21. The molecule has 0 aliphatic rings. The summed E-state index contributed by atoms with van der Waals surface area (Å²) in [5, 5.41) is 3.13. The van der Waals surface area contributed by atoms with Gasteiger partial charge in [-0.2, -0.15) is 0 Å². The van der Waals surface area contributed by atoms with Crippen molar-refractivity contribution in [3.05, 3.63) is 23.7 Å². The van der Waals surface area contributed by atoms with E-state index in [1.165, 1.54) is 0 Å². The average molecular weight is 249 g/mol. The lowest BCUT2D eigenvalue weighted by atomic mass is 10.3.